The molecule has 0 bridgehead atoms. The van der Waals surface area contributed by atoms with Gasteiger partial charge in [-0.2, -0.15) is 26.3 Å². The first-order valence-corrected chi connectivity index (χ1v) is 4.35. The van der Waals surface area contributed by atoms with E-state index in [0.29, 0.717) is 0 Å². The third-order valence-corrected chi connectivity index (χ3v) is 1.63. The molecule has 0 saturated carbocycles. The molecular weight excluding hydrogens is 258 g/mol. The van der Waals surface area contributed by atoms with E-state index >= 15 is 0 Å². The molecule has 0 fully saturated rings. The fourth-order valence-corrected chi connectivity index (χ4v) is 0.736. The maximum absolute atomic E-state index is 12.0. The Balaban J connectivity index is 5.16. The zero-order chi connectivity index (χ0) is 14.1. The van der Waals surface area contributed by atoms with Crippen molar-refractivity contribution in [1.82, 2.24) is 0 Å². The van der Waals surface area contributed by atoms with Gasteiger partial charge in [-0.25, -0.2) is 0 Å². The van der Waals surface area contributed by atoms with Crippen LogP contribution in [0.1, 0.15) is 13.8 Å². The van der Waals surface area contributed by atoms with E-state index in [1.165, 1.54) is 13.8 Å². The number of ether oxygens (including phenoxy) is 1. The van der Waals surface area contributed by atoms with Crippen molar-refractivity contribution < 1.29 is 41.0 Å². The Kier molecular flexibility index (Phi) is 4.44. The van der Waals surface area contributed by atoms with Crippen LogP contribution in [0.4, 0.5) is 26.3 Å². The first kappa shape index (κ1) is 16.0. The van der Waals surface area contributed by atoms with Crippen molar-refractivity contribution in [3.8, 4) is 0 Å². The van der Waals surface area contributed by atoms with Crippen LogP contribution in [-0.2, 0) is 9.53 Å². The predicted molar refractivity (Wildman–Crippen MR) is 40.6 cm³/mol. The number of alkyl halides is 6. The smallest absolute Gasteiger partial charge is 0.399 e. The monoisotopic (exact) mass is 267 g/mol. The molecule has 0 atom stereocenters. The molecule has 0 amide bonds. The summed E-state index contributed by atoms with van der Waals surface area (Å²) in [7, 11) is 0. The van der Waals surface area contributed by atoms with Crippen LogP contribution in [0.3, 0.4) is 0 Å². The van der Waals surface area contributed by atoms with Gasteiger partial charge in [-0.1, -0.05) is 13.8 Å². The van der Waals surface area contributed by atoms with E-state index < -0.39 is 36.4 Å². The fourth-order valence-electron chi connectivity index (χ4n) is 0.736. The van der Waals surface area contributed by atoms with Crippen molar-refractivity contribution in [2.75, 3.05) is 6.61 Å². The summed E-state index contributed by atoms with van der Waals surface area (Å²) in [5, 5.41) is 10.7. The highest BCUT2D eigenvalue weighted by Gasteiger charge is 2.68. The molecule has 0 aromatic heterocycles. The van der Waals surface area contributed by atoms with Crippen molar-refractivity contribution >= 4 is 5.97 Å². The number of hydrogen-bond donors (Lipinski definition) is 0. The summed E-state index contributed by atoms with van der Waals surface area (Å²) < 4.78 is 76.0. The first-order chi connectivity index (χ1) is 7.34. The number of rotatable bonds is 3. The number of esters is 1. The standard InChI is InChI=1S/C8H9F6O3/c1-4(2)3-17-5(15)6(16,7(9,10)11)8(12,13)14/h4H,3H2,1-2H3/q-1. The van der Waals surface area contributed by atoms with Crippen molar-refractivity contribution in [2.45, 2.75) is 31.8 Å². The van der Waals surface area contributed by atoms with Gasteiger partial charge in [0.1, 0.15) is 0 Å². The van der Waals surface area contributed by atoms with Crippen LogP contribution >= 0.6 is 0 Å². The lowest BCUT2D eigenvalue weighted by atomic mass is 10.0. The highest BCUT2D eigenvalue weighted by Crippen LogP contribution is 2.41. The average Bonchev–Trinajstić information content (AvgIpc) is 2.08. The van der Waals surface area contributed by atoms with Crippen molar-refractivity contribution in [3.63, 3.8) is 0 Å². The molecule has 0 aliphatic rings. The molecule has 3 nitrogen and oxygen atoms in total. The summed E-state index contributed by atoms with van der Waals surface area (Å²) in [6.07, 6.45) is -12.6. The van der Waals surface area contributed by atoms with Crippen LogP contribution in [-0.4, -0.2) is 30.5 Å². The predicted octanol–water partition coefficient (Wildman–Crippen LogP) is 1.41. The topological polar surface area (TPSA) is 49.4 Å². The van der Waals surface area contributed by atoms with Gasteiger partial charge in [0.25, 0.3) is 0 Å². The normalized spacial score (nSPS) is 14.0. The SMILES string of the molecule is CC(C)COC(=O)C([O-])(C(F)(F)F)C(F)(F)F. The molecule has 0 aliphatic heterocycles. The Hall–Kier alpha value is -0.990. The van der Waals surface area contributed by atoms with Gasteiger partial charge in [0.05, 0.1) is 6.61 Å². The molecule has 0 aromatic rings. The van der Waals surface area contributed by atoms with Gasteiger partial charge in [-0.3, -0.25) is 4.79 Å². The molecule has 0 N–H and O–H groups in total. The van der Waals surface area contributed by atoms with Gasteiger partial charge in [0.15, 0.2) is 5.60 Å². The molecule has 102 valence electrons. The number of carbonyl (C=O) groups excluding carboxylic acids is 1. The van der Waals surface area contributed by atoms with E-state index in [4.69, 9.17) is 0 Å². The van der Waals surface area contributed by atoms with Gasteiger partial charge in [0, 0.05) is 0 Å². The van der Waals surface area contributed by atoms with E-state index in [9.17, 15) is 36.2 Å². The summed E-state index contributed by atoms with van der Waals surface area (Å²) >= 11 is 0. The minimum Gasteiger partial charge on any atom is -0.828 e. The van der Waals surface area contributed by atoms with E-state index in [-0.39, 0.29) is 0 Å². The van der Waals surface area contributed by atoms with Crippen LogP contribution in [0.25, 0.3) is 0 Å². The largest absolute Gasteiger partial charge is 0.828 e. The molecular formula is C8H9F6O3-. The molecule has 9 heteroatoms. The number of halogens is 6. The lowest BCUT2D eigenvalue weighted by Crippen LogP contribution is -2.71. The molecule has 0 rings (SSSR count). The lowest BCUT2D eigenvalue weighted by Gasteiger charge is -2.40. The Labute approximate surface area is 92.4 Å². The second-order valence-corrected chi connectivity index (χ2v) is 3.67. The van der Waals surface area contributed by atoms with Gasteiger partial charge in [-0.15, -0.1) is 0 Å². The van der Waals surface area contributed by atoms with E-state index in [2.05, 4.69) is 4.74 Å². The quantitative estimate of drug-likeness (QED) is 0.573. The summed E-state index contributed by atoms with van der Waals surface area (Å²) in [5.74, 6) is -3.38. The zero-order valence-corrected chi connectivity index (χ0v) is 8.78. The Morgan fingerprint density at radius 2 is 1.47 bits per heavy atom. The third-order valence-electron chi connectivity index (χ3n) is 1.63. The Bertz CT molecular complexity index is 266. The van der Waals surface area contributed by atoms with Gasteiger partial charge in [-0.05, 0) is 5.92 Å². The molecule has 17 heavy (non-hydrogen) atoms. The highest BCUT2D eigenvalue weighted by atomic mass is 19.4. The maximum atomic E-state index is 12.0. The highest BCUT2D eigenvalue weighted by molar-refractivity contribution is 5.81. The molecule has 0 aliphatic carbocycles. The van der Waals surface area contributed by atoms with Gasteiger partial charge >= 0.3 is 18.3 Å². The van der Waals surface area contributed by atoms with Crippen molar-refractivity contribution in [2.24, 2.45) is 5.92 Å². The zero-order valence-electron chi connectivity index (χ0n) is 8.78. The average molecular weight is 267 g/mol. The minimum atomic E-state index is -6.31. The Morgan fingerprint density at radius 3 is 1.71 bits per heavy atom. The van der Waals surface area contributed by atoms with Crippen LogP contribution in [0.15, 0.2) is 0 Å². The summed E-state index contributed by atoms with van der Waals surface area (Å²) in [6, 6.07) is 0. The third kappa shape index (κ3) is 3.24. The van der Waals surface area contributed by atoms with Crippen LogP contribution in [0.5, 0.6) is 0 Å². The second kappa shape index (κ2) is 4.71. The van der Waals surface area contributed by atoms with Gasteiger partial charge in [0.2, 0.25) is 0 Å². The molecule has 0 saturated heterocycles. The van der Waals surface area contributed by atoms with Crippen LogP contribution < -0.4 is 5.11 Å². The lowest BCUT2D eigenvalue weighted by molar-refractivity contribution is -0.574. The van der Waals surface area contributed by atoms with E-state index in [1.807, 2.05) is 0 Å². The first-order valence-electron chi connectivity index (χ1n) is 4.35. The molecule has 0 aromatic carbocycles. The minimum absolute atomic E-state index is 0.496. The summed E-state index contributed by atoms with van der Waals surface area (Å²) in [4.78, 5) is 10.7. The summed E-state index contributed by atoms with van der Waals surface area (Å²) in [5.41, 5.74) is -5.74. The Morgan fingerprint density at radius 1 is 1.12 bits per heavy atom. The fraction of sp³-hybridized carbons (Fsp3) is 0.875. The van der Waals surface area contributed by atoms with Gasteiger partial charge < -0.3 is 9.84 Å². The second-order valence-electron chi connectivity index (χ2n) is 3.67. The van der Waals surface area contributed by atoms with E-state index in [1.54, 1.807) is 0 Å². The van der Waals surface area contributed by atoms with Crippen LogP contribution in [0, 0.1) is 5.92 Å². The molecule has 0 heterocycles. The van der Waals surface area contributed by atoms with Crippen molar-refractivity contribution in [1.29, 1.82) is 0 Å². The molecule has 0 unspecified atom stereocenters. The number of carbonyl (C=O) groups is 1. The van der Waals surface area contributed by atoms with Crippen molar-refractivity contribution in [3.05, 3.63) is 0 Å². The van der Waals surface area contributed by atoms with E-state index in [0.717, 1.165) is 0 Å². The molecule has 0 spiro atoms. The number of hydrogen-bond acceptors (Lipinski definition) is 3. The summed E-state index contributed by atoms with van der Waals surface area (Å²) in [6.45, 7) is 2.08. The molecule has 0 radical (unpaired) electrons. The maximum Gasteiger partial charge on any atom is 0.399 e. The van der Waals surface area contributed by atoms with Crippen LogP contribution in [0.2, 0.25) is 0 Å².